The molecule has 0 saturated carbocycles. The number of anilines is 1. The van der Waals surface area contributed by atoms with Crippen LogP contribution in [-0.2, 0) is 14.8 Å². The summed E-state index contributed by atoms with van der Waals surface area (Å²) >= 11 is 0. The number of amides is 1. The lowest BCUT2D eigenvalue weighted by molar-refractivity contribution is -0.114. The Kier molecular flexibility index (Phi) is 5.10. The fourth-order valence-electron chi connectivity index (χ4n) is 1.53. The van der Waals surface area contributed by atoms with Gasteiger partial charge in [0.05, 0.1) is 11.0 Å². The molecule has 1 amide bonds. The second kappa shape index (κ2) is 6.24. The highest BCUT2D eigenvalue weighted by Gasteiger charge is 2.33. The van der Waals surface area contributed by atoms with Crippen LogP contribution in [0.15, 0.2) is 29.2 Å². The van der Waals surface area contributed by atoms with Gasteiger partial charge in [0.15, 0.2) is 0 Å². The molecular formula is C14H19N3O3S. The van der Waals surface area contributed by atoms with Crippen molar-refractivity contribution in [1.29, 1.82) is 5.26 Å². The number of nitrogens with zero attached hydrogens (tertiary/aromatic N) is 1. The Hall–Kier alpha value is -1.91. The van der Waals surface area contributed by atoms with Crippen LogP contribution in [0, 0.1) is 17.2 Å². The van der Waals surface area contributed by atoms with Crippen LogP contribution in [0.25, 0.3) is 0 Å². The minimum absolute atomic E-state index is 0.0405. The molecule has 0 aromatic heterocycles. The van der Waals surface area contributed by atoms with Crippen LogP contribution < -0.4 is 10.0 Å². The maximum Gasteiger partial charge on any atom is 0.241 e. The molecule has 0 unspecified atom stereocenters. The van der Waals surface area contributed by atoms with Crippen molar-refractivity contribution in [3.8, 4) is 6.07 Å². The molecule has 0 heterocycles. The summed E-state index contributed by atoms with van der Waals surface area (Å²) in [6.45, 7) is 6.45. The van der Waals surface area contributed by atoms with Crippen LogP contribution in [-0.4, -0.2) is 19.9 Å². The van der Waals surface area contributed by atoms with Gasteiger partial charge in [-0.15, -0.1) is 0 Å². The Labute approximate surface area is 125 Å². The molecule has 0 aliphatic rings. The lowest BCUT2D eigenvalue weighted by atomic mass is 9.92. The SMILES string of the molecule is CC(=O)Nc1ccc(S(=O)(=O)N[C@@](C)(C#N)C(C)C)cc1. The predicted molar refractivity (Wildman–Crippen MR) is 79.9 cm³/mol. The van der Waals surface area contributed by atoms with Crippen LogP contribution in [0.5, 0.6) is 0 Å². The zero-order valence-electron chi connectivity index (χ0n) is 12.5. The maximum atomic E-state index is 12.3. The van der Waals surface area contributed by atoms with Crippen molar-refractivity contribution in [3.63, 3.8) is 0 Å². The molecule has 0 spiro atoms. The van der Waals surface area contributed by atoms with Gasteiger partial charge in [0.1, 0.15) is 5.54 Å². The molecule has 2 N–H and O–H groups in total. The van der Waals surface area contributed by atoms with Crippen LogP contribution in [0.3, 0.4) is 0 Å². The van der Waals surface area contributed by atoms with E-state index < -0.39 is 15.6 Å². The van der Waals surface area contributed by atoms with Gasteiger partial charge in [0.25, 0.3) is 0 Å². The zero-order valence-corrected chi connectivity index (χ0v) is 13.3. The van der Waals surface area contributed by atoms with E-state index in [4.69, 9.17) is 0 Å². The second-order valence-electron chi connectivity index (χ2n) is 5.28. The molecule has 0 aliphatic heterocycles. The molecular weight excluding hydrogens is 290 g/mol. The number of nitriles is 1. The van der Waals surface area contributed by atoms with Crippen molar-refractivity contribution >= 4 is 21.6 Å². The number of carbonyl (C=O) groups is 1. The van der Waals surface area contributed by atoms with Gasteiger partial charge >= 0.3 is 0 Å². The van der Waals surface area contributed by atoms with Crippen molar-refractivity contribution in [3.05, 3.63) is 24.3 Å². The third-order valence-corrected chi connectivity index (χ3v) is 4.80. The standard InChI is InChI=1S/C14H19N3O3S/c1-10(2)14(4,9-15)17-21(19,20)13-7-5-12(6-8-13)16-11(3)18/h5-8,10,17H,1-4H3,(H,16,18)/t14-/m0/s1. The van der Waals surface area contributed by atoms with Gasteiger partial charge in [-0.1, -0.05) is 13.8 Å². The van der Waals surface area contributed by atoms with Crippen LogP contribution in [0.2, 0.25) is 0 Å². The Morgan fingerprint density at radius 1 is 1.29 bits per heavy atom. The lowest BCUT2D eigenvalue weighted by Crippen LogP contribution is -2.48. The Morgan fingerprint density at radius 2 is 1.81 bits per heavy atom. The summed E-state index contributed by atoms with van der Waals surface area (Å²) in [5.74, 6) is -0.420. The average Bonchev–Trinajstić information content (AvgIpc) is 2.37. The molecule has 114 valence electrons. The highest BCUT2D eigenvalue weighted by molar-refractivity contribution is 7.89. The van der Waals surface area contributed by atoms with Crippen LogP contribution >= 0.6 is 0 Å². The fourth-order valence-corrected chi connectivity index (χ4v) is 2.98. The van der Waals surface area contributed by atoms with Crippen molar-refractivity contribution in [1.82, 2.24) is 4.72 Å². The molecule has 1 atom stereocenters. The average molecular weight is 309 g/mol. The molecule has 0 radical (unpaired) electrons. The van der Waals surface area contributed by atoms with E-state index in [1.54, 1.807) is 20.8 Å². The minimum atomic E-state index is -3.81. The van der Waals surface area contributed by atoms with Gasteiger partial charge in [-0.25, -0.2) is 8.42 Å². The fraction of sp³-hybridized carbons (Fsp3) is 0.429. The van der Waals surface area contributed by atoms with E-state index in [2.05, 4.69) is 10.0 Å². The largest absolute Gasteiger partial charge is 0.326 e. The molecule has 1 aromatic carbocycles. The molecule has 7 heteroatoms. The normalized spacial score (nSPS) is 14.3. The van der Waals surface area contributed by atoms with E-state index in [9.17, 15) is 18.5 Å². The zero-order chi connectivity index (χ0) is 16.3. The van der Waals surface area contributed by atoms with Gasteiger partial charge in [0, 0.05) is 12.6 Å². The number of hydrogen-bond acceptors (Lipinski definition) is 4. The summed E-state index contributed by atoms with van der Waals surface area (Å²) in [7, 11) is -3.81. The quantitative estimate of drug-likeness (QED) is 0.867. The van der Waals surface area contributed by atoms with Gasteiger partial charge in [-0.2, -0.15) is 9.98 Å². The van der Waals surface area contributed by atoms with Gasteiger partial charge in [-0.05, 0) is 37.1 Å². The summed E-state index contributed by atoms with van der Waals surface area (Å²) in [5, 5.41) is 11.7. The van der Waals surface area contributed by atoms with Crippen molar-refractivity contribution in [2.45, 2.75) is 38.1 Å². The molecule has 21 heavy (non-hydrogen) atoms. The molecule has 0 bridgehead atoms. The molecule has 1 aromatic rings. The molecule has 6 nitrogen and oxygen atoms in total. The number of nitrogens with one attached hydrogen (secondary N) is 2. The first-order chi connectivity index (χ1) is 9.60. The highest BCUT2D eigenvalue weighted by atomic mass is 32.2. The maximum absolute atomic E-state index is 12.3. The number of benzene rings is 1. The third-order valence-electron chi connectivity index (χ3n) is 3.22. The summed E-state index contributed by atoms with van der Waals surface area (Å²) in [4.78, 5) is 11.0. The number of hydrogen-bond donors (Lipinski definition) is 2. The van der Waals surface area contributed by atoms with Gasteiger partial charge < -0.3 is 5.32 Å². The summed E-state index contributed by atoms with van der Waals surface area (Å²) < 4.78 is 27.0. The molecule has 0 fully saturated rings. The highest BCUT2D eigenvalue weighted by Crippen LogP contribution is 2.20. The first kappa shape index (κ1) is 17.1. The van der Waals surface area contributed by atoms with Crippen molar-refractivity contribution < 1.29 is 13.2 Å². The first-order valence-electron chi connectivity index (χ1n) is 6.43. The lowest BCUT2D eigenvalue weighted by Gasteiger charge is -2.26. The third kappa shape index (κ3) is 4.28. The van der Waals surface area contributed by atoms with Gasteiger partial charge in [0.2, 0.25) is 15.9 Å². The first-order valence-corrected chi connectivity index (χ1v) is 7.92. The Balaban J connectivity index is 3.04. The molecule has 0 aliphatic carbocycles. The van der Waals surface area contributed by atoms with E-state index in [1.165, 1.54) is 31.2 Å². The summed E-state index contributed by atoms with van der Waals surface area (Å²) in [5.41, 5.74) is -0.678. The van der Waals surface area contributed by atoms with E-state index in [-0.39, 0.29) is 16.7 Å². The number of carbonyl (C=O) groups excluding carboxylic acids is 1. The van der Waals surface area contributed by atoms with E-state index in [0.717, 1.165) is 0 Å². The summed E-state index contributed by atoms with van der Waals surface area (Å²) in [6, 6.07) is 7.75. The van der Waals surface area contributed by atoms with E-state index >= 15 is 0 Å². The predicted octanol–water partition coefficient (Wildman–Crippen LogP) is 1.86. The van der Waals surface area contributed by atoms with Crippen LogP contribution in [0.4, 0.5) is 5.69 Å². The number of sulfonamides is 1. The Bertz CT molecular complexity index is 660. The topological polar surface area (TPSA) is 99.1 Å². The molecule has 1 rings (SSSR count). The number of rotatable bonds is 5. The van der Waals surface area contributed by atoms with Crippen molar-refractivity contribution in [2.75, 3.05) is 5.32 Å². The van der Waals surface area contributed by atoms with E-state index in [0.29, 0.717) is 5.69 Å². The second-order valence-corrected chi connectivity index (χ2v) is 6.96. The minimum Gasteiger partial charge on any atom is -0.326 e. The van der Waals surface area contributed by atoms with Gasteiger partial charge in [-0.3, -0.25) is 4.79 Å². The molecule has 0 saturated heterocycles. The summed E-state index contributed by atoms with van der Waals surface area (Å²) in [6.07, 6.45) is 0. The van der Waals surface area contributed by atoms with Crippen LogP contribution in [0.1, 0.15) is 27.7 Å². The smallest absolute Gasteiger partial charge is 0.241 e. The Morgan fingerprint density at radius 3 is 2.19 bits per heavy atom. The van der Waals surface area contributed by atoms with Crippen molar-refractivity contribution in [2.24, 2.45) is 5.92 Å². The monoisotopic (exact) mass is 309 g/mol. The van der Waals surface area contributed by atoms with E-state index in [1.807, 2.05) is 6.07 Å².